The van der Waals surface area contributed by atoms with Crippen LogP contribution in [0.2, 0.25) is 5.02 Å². The summed E-state index contributed by atoms with van der Waals surface area (Å²) in [6, 6.07) is 8.30. The first kappa shape index (κ1) is 26.8. The zero-order valence-electron chi connectivity index (χ0n) is 20.1. The minimum absolute atomic E-state index is 0.00368. The summed E-state index contributed by atoms with van der Waals surface area (Å²) in [5, 5.41) is 19.3. The molecular weight excluding hydrogens is 534 g/mol. The van der Waals surface area contributed by atoms with Crippen LogP contribution >= 0.6 is 11.6 Å². The predicted molar refractivity (Wildman–Crippen MR) is 138 cm³/mol. The Morgan fingerprint density at radius 2 is 2.16 bits per heavy atom. The van der Waals surface area contributed by atoms with Crippen LogP contribution in [0.25, 0.3) is 0 Å². The fourth-order valence-electron chi connectivity index (χ4n) is 4.10. The van der Waals surface area contributed by atoms with Crippen LogP contribution in [0.3, 0.4) is 0 Å². The Hall–Kier alpha value is -4.25. The summed E-state index contributed by atoms with van der Waals surface area (Å²) in [5.74, 6) is -1.17. The van der Waals surface area contributed by atoms with Crippen molar-refractivity contribution in [2.45, 2.75) is 12.8 Å². The first-order chi connectivity index (χ1) is 18.2. The first-order valence-corrected chi connectivity index (χ1v) is 12.5. The summed E-state index contributed by atoms with van der Waals surface area (Å²) in [6.07, 6.45) is 4.29. The number of carbonyl (C=O) groups excluding carboxylic acids is 2. The van der Waals surface area contributed by atoms with Crippen LogP contribution in [0.5, 0.6) is 0 Å². The fraction of sp³-hybridized carbons (Fsp3) is 0.208. The van der Waals surface area contributed by atoms with Gasteiger partial charge in [-0.1, -0.05) is 11.6 Å². The van der Waals surface area contributed by atoms with Crippen molar-refractivity contribution in [3.05, 3.63) is 81.5 Å². The van der Waals surface area contributed by atoms with E-state index in [-0.39, 0.29) is 40.6 Å². The van der Waals surface area contributed by atoms with E-state index in [9.17, 15) is 23.6 Å². The number of benzene rings is 1. The van der Waals surface area contributed by atoms with Crippen molar-refractivity contribution in [2.24, 2.45) is 5.10 Å². The molecule has 0 saturated heterocycles. The molecule has 3 heterocycles. The monoisotopic (exact) mass is 554 g/mol. The lowest BCUT2D eigenvalue weighted by molar-refractivity contribution is -0.113. The third kappa shape index (κ3) is 5.67. The Balaban J connectivity index is 1.67. The molecule has 4 rings (SSSR count). The molecule has 2 unspecified atom stereocenters. The van der Waals surface area contributed by atoms with Crippen molar-refractivity contribution in [3.63, 3.8) is 0 Å². The Bertz CT molecular complexity index is 1470. The quantitative estimate of drug-likeness (QED) is 0.450. The van der Waals surface area contributed by atoms with Gasteiger partial charge in [-0.05, 0) is 42.8 Å². The summed E-state index contributed by atoms with van der Waals surface area (Å²) in [4.78, 5) is 31.8. The Morgan fingerprint density at radius 1 is 1.37 bits per heavy atom. The van der Waals surface area contributed by atoms with Gasteiger partial charge in [0, 0.05) is 31.6 Å². The van der Waals surface area contributed by atoms with Gasteiger partial charge in [-0.15, -0.1) is 0 Å². The highest BCUT2D eigenvalue weighted by Gasteiger charge is 2.33. The molecule has 0 fully saturated rings. The molecule has 1 aromatic carbocycles. The normalized spacial score (nSPS) is 17.3. The number of amidine groups is 1. The SMILES string of the molecule is CNC(=O)c1cc(C#N)cc(C)c1NC(=O)C1=CC(OS(=O)[O-])=CN(C2=NNCC2c2ncccc2Cl)C1. The van der Waals surface area contributed by atoms with Crippen molar-refractivity contribution in [2.75, 3.05) is 25.5 Å². The Morgan fingerprint density at radius 3 is 2.84 bits per heavy atom. The molecule has 0 saturated carbocycles. The molecule has 2 amide bonds. The predicted octanol–water partition coefficient (Wildman–Crippen LogP) is 1.81. The summed E-state index contributed by atoms with van der Waals surface area (Å²) in [6.45, 7) is 2.03. The second kappa shape index (κ2) is 11.4. The molecule has 2 aromatic rings. The molecule has 1 aromatic heterocycles. The highest BCUT2D eigenvalue weighted by Crippen LogP contribution is 2.30. The number of hydrazone groups is 1. The van der Waals surface area contributed by atoms with Gasteiger partial charge >= 0.3 is 0 Å². The molecule has 0 radical (unpaired) electrons. The number of anilines is 1. The van der Waals surface area contributed by atoms with Crippen LogP contribution in [0.1, 0.15) is 33.1 Å². The maximum atomic E-state index is 13.4. The topological polar surface area (TPSA) is 172 Å². The molecule has 0 bridgehead atoms. The van der Waals surface area contributed by atoms with Crippen molar-refractivity contribution in [3.8, 4) is 6.07 Å². The molecule has 38 heavy (non-hydrogen) atoms. The van der Waals surface area contributed by atoms with Gasteiger partial charge in [-0.3, -0.25) is 14.6 Å². The molecule has 2 atom stereocenters. The lowest BCUT2D eigenvalue weighted by atomic mass is 10.0. The number of nitriles is 1. The molecule has 3 N–H and O–H groups in total. The van der Waals surface area contributed by atoms with E-state index in [0.717, 1.165) is 0 Å². The number of carbonyl (C=O) groups is 2. The summed E-state index contributed by atoms with van der Waals surface area (Å²) >= 11 is 3.44. The van der Waals surface area contributed by atoms with Crippen LogP contribution in [0.4, 0.5) is 5.69 Å². The average molecular weight is 555 g/mol. The van der Waals surface area contributed by atoms with Crippen molar-refractivity contribution < 1.29 is 22.5 Å². The smallest absolute Gasteiger partial charge is 0.253 e. The number of halogens is 1. The third-order valence-corrected chi connectivity index (χ3v) is 6.43. The number of hydrogen-bond donors (Lipinski definition) is 3. The van der Waals surface area contributed by atoms with E-state index in [1.165, 1.54) is 25.4 Å². The number of aromatic nitrogens is 1. The van der Waals surface area contributed by atoms with E-state index in [2.05, 4.69) is 26.1 Å². The summed E-state index contributed by atoms with van der Waals surface area (Å²) in [5.41, 5.74) is 4.64. The highest BCUT2D eigenvalue weighted by atomic mass is 35.5. The molecular formula is C24H21ClN7O5S-. The molecule has 12 nitrogen and oxygen atoms in total. The van der Waals surface area contributed by atoms with E-state index in [1.807, 2.05) is 6.07 Å². The standard InChI is InChI=1S/C24H22ClN7O5S/c1-13-6-14(9-26)7-17(24(34)27-2)20(13)30-23(33)15-8-16(37-38(35)36)12-32(11-15)22-18(10-29-31-22)21-19(25)4-3-5-28-21/h3-8,12,18,29H,10-11H2,1-2H3,(H,27,34)(H,30,33)(H,35,36)/p-1. The summed E-state index contributed by atoms with van der Waals surface area (Å²) in [7, 11) is 1.43. The molecule has 0 aliphatic carbocycles. The Kier molecular flexibility index (Phi) is 8.06. The van der Waals surface area contributed by atoms with E-state index < -0.39 is 23.2 Å². The van der Waals surface area contributed by atoms with Crippen LogP contribution in [0, 0.1) is 18.3 Å². The molecule has 2 aliphatic rings. The van der Waals surface area contributed by atoms with Gasteiger partial charge in [0.1, 0.15) is 17.2 Å². The zero-order chi connectivity index (χ0) is 27.4. The van der Waals surface area contributed by atoms with Gasteiger partial charge < -0.3 is 29.7 Å². The number of amides is 2. The van der Waals surface area contributed by atoms with Gasteiger partial charge in [-0.2, -0.15) is 10.4 Å². The second-order valence-corrected chi connectivity index (χ2v) is 9.21. The number of nitrogens with zero attached hydrogens (tertiary/aromatic N) is 4. The minimum atomic E-state index is -2.91. The third-order valence-electron chi connectivity index (χ3n) is 5.78. The van der Waals surface area contributed by atoms with E-state index in [1.54, 1.807) is 36.2 Å². The zero-order valence-corrected chi connectivity index (χ0v) is 21.7. The number of pyridine rings is 1. The first-order valence-electron chi connectivity index (χ1n) is 11.2. The van der Waals surface area contributed by atoms with Crippen LogP contribution in [0.15, 0.2) is 59.2 Å². The van der Waals surface area contributed by atoms with Crippen LogP contribution < -0.4 is 16.1 Å². The highest BCUT2D eigenvalue weighted by molar-refractivity contribution is 7.74. The number of rotatable bonds is 6. The van der Waals surface area contributed by atoms with Gasteiger partial charge in [-0.25, -0.2) is 4.21 Å². The van der Waals surface area contributed by atoms with Crippen molar-refractivity contribution in [1.82, 2.24) is 20.6 Å². The lowest BCUT2D eigenvalue weighted by Gasteiger charge is -2.29. The van der Waals surface area contributed by atoms with E-state index >= 15 is 0 Å². The number of nitrogens with one attached hydrogen (secondary N) is 3. The maximum absolute atomic E-state index is 13.4. The average Bonchev–Trinajstić information content (AvgIpc) is 3.38. The van der Waals surface area contributed by atoms with Crippen molar-refractivity contribution >= 4 is 46.3 Å². The van der Waals surface area contributed by atoms with Gasteiger partial charge in [0.15, 0.2) is 5.76 Å². The second-order valence-electron chi connectivity index (χ2n) is 8.23. The molecule has 2 aliphatic heterocycles. The summed E-state index contributed by atoms with van der Waals surface area (Å²) < 4.78 is 27.5. The Labute approximate surface area is 225 Å². The number of hydrogen-bond acceptors (Lipinski definition) is 10. The van der Waals surface area contributed by atoms with Crippen LogP contribution in [-0.4, -0.2) is 56.4 Å². The van der Waals surface area contributed by atoms with Crippen molar-refractivity contribution in [1.29, 1.82) is 5.26 Å². The fourth-order valence-corrected chi connectivity index (χ4v) is 4.60. The molecule has 0 spiro atoms. The molecule has 14 heteroatoms. The van der Waals surface area contributed by atoms with E-state index in [4.69, 9.17) is 15.8 Å². The lowest BCUT2D eigenvalue weighted by Crippen LogP contribution is -2.37. The number of allylic oxidation sites excluding steroid dienone is 1. The van der Waals surface area contributed by atoms with Crippen LogP contribution in [-0.2, 0) is 20.3 Å². The number of aryl methyl sites for hydroxylation is 1. The van der Waals surface area contributed by atoms with E-state index in [0.29, 0.717) is 28.7 Å². The van der Waals surface area contributed by atoms with Gasteiger partial charge in [0.05, 0.1) is 46.1 Å². The largest absolute Gasteiger partial charge is 0.740 e. The molecule has 196 valence electrons. The van der Waals surface area contributed by atoms with Gasteiger partial charge in [0.25, 0.3) is 11.8 Å². The minimum Gasteiger partial charge on any atom is -0.740 e. The maximum Gasteiger partial charge on any atom is 0.253 e. The van der Waals surface area contributed by atoms with Gasteiger partial charge in [0.2, 0.25) is 0 Å².